The van der Waals surface area contributed by atoms with Gasteiger partial charge in [-0.1, -0.05) is 6.07 Å². The number of hydrogen-bond donors (Lipinski definition) is 2. The Balaban J connectivity index is 1.87. The van der Waals surface area contributed by atoms with Gasteiger partial charge in [-0.25, -0.2) is 0 Å². The van der Waals surface area contributed by atoms with E-state index in [4.69, 9.17) is 9.47 Å². The average Bonchev–Trinajstić information content (AvgIpc) is 2.47. The van der Waals surface area contributed by atoms with Crippen molar-refractivity contribution in [1.82, 2.24) is 5.32 Å². The van der Waals surface area contributed by atoms with E-state index >= 15 is 0 Å². The van der Waals surface area contributed by atoms with Crippen LogP contribution in [0, 0.1) is 5.92 Å². The molecular formula is C15H23NO3. The molecule has 1 heterocycles. The lowest BCUT2D eigenvalue weighted by Crippen LogP contribution is -2.36. The second kappa shape index (κ2) is 6.78. The van der Waals surface area contributed by atoms with E-state index in [1.807, 2.05) is 12.1 Å². The number of ether oxygens (including phenoxy) is 2. The van der Waals surface area contributed by atoms with Crippen molar-refractivity contribution in [2.75, 3.05) is 20.3 Å². The molecule has 0 aromatic heterocycles. The normalized spacial score (nSPS) is 18.2. The highest BCUT2D eigenvalue weighted by molar-refractivity contribution is 5.41. The molecule has 1 unspecified atom stereocenters. The maximum absolute atomic E-state index is 9.56. The Morgan fingerprint density at radius 3 is 2.84 bits per heavy atom. The molecule has 1 fully saturated rings. The summed E-state index contributed by atoms with van der Waals surface area (Å²) in [6, 6.07) is 5.94. The Kier molecular flexibility index (Phi) is 5.05. The first kappa shape index (κ1) is 14.2. The fourth-order valence-electron chi connectivity index (χ4n) is 2.49. The zero-order valence-corrected chi connectivity index (χ0v) is 11.7. The highest BCUT2D eigenvalue weighted by Crippen LogP contribution is 2.26. The lowest BCUT2D eigenvalue weighted by molar-refractivity contribution is 0.0558. The first-order valence-corrected chi connectivity index (χ1v) is 6.87. The number of hydrogen-bond acceptors (Lipinski definition) is 4. The maximum atomic E-state index is 9.56. The minimum absolute atomic E-state index is 0.184. The van der Waals surface area contributed by atoms with Crippen LogP contribution in [0.25, 0.3) is 0 Å². The number of benzene rings is 1. The molecule has 106 valence electrons. The molecule has 1 atom stereocenters. The smallest absolute Gasteiger partial charge is 0.160 e. The minimum Gasteiger partial charge on any atom is -0.504 e. The van der Waals surface area contributed by atoms with E-state index in [1.165, 1.54) is 0 Å². The van der Waals surface area contributed by atoms with Crippen LogP contribution >= 0.6 is 0 Å². The summed E-state index contributed by atoms with van der Waals surface area (Å²) in [4.78, 5) is 0. The minimum atomic E-state index is 0.184. The van der Waals surface area contributed by atoms with Gasteiger partial charge in [-0.3, -0.25) is 0 Å². The molecule has 1 saturated heterocycles. The van der Waals surface area contributed by atoms with Crippen LogP contribution < -0.4 is 10.1 Å². The molecule has 2 rings (SSSR count). The molecule has 1 aliphatic heterocycles. The Hall–Kier alpha value is -1.26. The van der Waals surface area contributed by atoms with Crippen molar-refractivity contribution < 1.29 is 14.6 Å². The molecule has 0 spiro atoms. The van der Waals surface area contributed by atoms with Gasteiger partial charge in [0.25, 0.3) is 0 Å². The van der Waals surface area contributed by atoms with E-state index < -0.39 is 0 Å². The summed E-state index contributed by atoms with van der Waals surface area (Å²) in [6.07, 6.45) is 2.26. The SMILES string of the molecule is COc1cc(CNC(C)C2CCOCC2)ccc1O. The van der Waals surface area contributed by atoms with Gasteiger partial charge in [-0.05, 0) is 43.4 Å². The second-order valence-corrected chi connectivity index (χ2v) is 5.13. The maximum Gasteiger partial charge on any atom is 0.160 e. The number of phenols is 1. The summed E-state index contributed by atoms with van der Waals surface area (Å²) in [5.41, 5.74) is 1.12. The van der Waals surface area contributed by atoms with Gasteiger partial charge in [-0.2, -0.15) is 0 Å². The van der Waals surface area contributed by atoms with Crippen LogP contribution in [-0.2, 0) is 11.3 Å². The number of methoxy groups -OCH3 is 1. The van der Waals surface area contributed by atoms with Crippen LogP contribution in [0.15, 0.2) is 18.2 Å². The molecule has 0 saturated carbocycles. The molecule has 1 aromatic rings. The van der Waals surface area contributed by atoms with Crippen molar-refractivity contribution in [3.05, 3.63) is 23.8 Å². The highest BCUT2D eigenvalue weighted by Gasteiger charge is 2.19. The van der Waals surface area contributed by atoms with E-state index in [9.17, 15) is 5.11 Å². The van der Waals surface area contributed by atoms with Gasteiger partial charge in [0, 0.05) is 25.8 Å². The van der Waals surface area contributed by atoms with E-state index in [-0.39, 0.29) is 5.75 Å². The van der Waals surface area contributed by atoms with Crippen molar-refractivity contribution in [3.8, 4) is 11.5 Å². The Labute approximate surface area is 114 Å². The third-order valence-corrected chi connectivity index (χ3v) is 3.85. The number of aromatic hydroxyl groups is 1. The lowest BCUT2D eigenvalue weighted by atomic mass is 9.93. The van der Waals surface area contributed by atoms with Crippen molar-refractivity contribution in [2.45, 2.75) is 32.4 Å². The summed E-state index contributed by atoms with van der Waals surface area (Å²) >= 11 is 0. The Morgan fingerprint density at radius 1 is 1.42 bits per heavy atom. The van der Waals surface area contributed by atoms with Crippen molar-refractivity contribution in [1.29, 1.82) is 0 Å². The van der Waals surface area contributed by atoms with Crippen LogP contribution in [0.3, 0.4) is 0 Å². The van der Waals surface area contributed by atoms with Crippen molar-refractivity contribution in [3.63, 3.8) is 0 Å². The Bertz CT molecular complexity index is 402. The van der Waals surface area contributed by atoms with Crippen LogP contribution in [0.2, 0.25) is 0 Å². The van der Waals surface area contributed by atoms with Crippen molar-refractivity contribution in [2.24, 2.45) is 5.92 Å². The molecule has 0 bridgehead atoms. The quantitative estimate of drug-likeness (QED) is 0.857. The van der Waals surface area contributed by atoms with E-state index in [0.29, 0.717) is 17.7 Å². The summed E-state index contributed by atoms with van der Waals surface area (Å²) in [5, 5.41) is 13.1. The summed E-state index contributed by atoms with van der Waals surface area (Å²) in [7, 11) is 1.57. The van der Waals surface area contributed by atoms with Gasteiger partial charge in [0.15, 0.2) is 11.5 Å². The average molecular weight is 265 g/mol. The third-order valence-electron chi connectivity index (χ3n) is 3.85. The largest absolute Gasteiger partial charge is 0.504 e. The van der Waals surface area contributed by atoms with Gasteiger partial charge in [0.1, 0.15) is 0 Å². The molecule has 0 radical (unpaired) electrons. The van der Waals surface area contributed by atoms with Crippen LogP contribution in [0.4, 0.5) is 0 Å². The predicted molar refractivity (Wildman–Crippen MR) is 74.5 cm³/mol. The number of nitrogens with one attached hydrogen (secondary N) is 1. The zero-order chi connectivity index (χ0) is 13.7. The molecular weight excluding hydrogens is 242 g/mol. The van der Waals surface area contributed by atoms with Crippen molar-refractivity contribution >= 4 is 0 Å². The number of rotatable bonds is 5. The van der Waals surface area contributed by atoms with Gasteiger partial charge < -0.3 is 19.9 Å². The third kappa shape index (κ3) is 3.85. The van der Waals surface area contributed by atoms with Gasteiger partial charge >= 0.3 is 0 Å². The van der Waals surface area contributed by atoms with Crippen LogP contribution in [-0.4, -0.2) is 31.5 Å². The molecule has 1 aliphatic rings. The van der Waals surface area contributed by atoms with E-state index in [1.54, 1.807) is 13.2 Å². The Morgan fingerprint density at radius 2 is 2.16 bits per heavy atom. The fraction of sp³-hybridized carbons (Fsp3) is 0.600. The summed E-state index contributed by atoms with van der Waals surface area (Å²) in [6.45, 7) is 4.77. The van der Waals surface area contributed by atoms with Crippen LogP contribution in [0.5, 0.6) is 11.5 Å². The lowest BCUT2D eigenvalue weighted by Gasteiger charge is -2.28. The molecule has 2 N–H and O–H groups in total. The first-order valence-electron chi connectivity index (χ1n) is 6.87. The monoisotopic (exact) mass is 265 g/mol. The van der Waals surface area contributed by atoms with Gasteiger partial charge in [0.05, 0.1) is 7.11 Å². The molecule has 0 amide bonds. The van der Waals surface area contributed by atoms with E-state index in [2.05, 4.69) is 12.2 Å². The fourth-order valence-corrected chi connectivity index (χ4v) is 2.49. The molecule has 4 heteroatoms. The first-order chi connectivity index (χ1) is 9.20. The summed E-state index contributed by atoms with van der Waals surface area (Å²) in [5.74, 6) is 1.40. The topological polar surface area (TPSA) is 50.7 Å². The second-order valence-electron chi connectivity index (χ2n) is 5.13. The van der Waals surface area contributed by atoms with Gasteiger partial charge in [0.2, 0.25) is 0 Å². The van der Waals surface area contributed by atoms with Gasteiger partial charge in [-0.15, -0.1) is 0 Å². The molecule has 4 nitrogen and oxygen atoms in total. The standard InChI is InChI=1S/C15H23NO3/c1-11(13-5-7-19-8-6-13)16-10-12-3-4-14(17)15(9-12)18-2/h3-4,9,11,13,16-17H,5-8,10H2,1-2H3. The molecule has 1 aromatic carbocycles. The highest BCUT2D eigenvalue weighted by atomic mass is 16.5. The van der Waals surface area contributed by atoms with E-state index in [0.717, 1.165) is 38.2 Å². The molecule has 0 aliphatic carbocycles. The molecule has 19 heavy (non-hydrogen) atoms. The number of phenolic OH excluding ortho intramolecular Hbond substituents is 1. The zero-order valence-electron chi connectivity index (χ0n) is 11.7. The van der Waals surface area contributed by atoms with Crippen LogP contribution in [0.1, 0.15) is 25.3 Å². The predicted octanol–water partition coefficient (Wildman–Crippen LogP) is 2.31. The summed E-state index contributed by atoms with van der Waals surface area (Å²) < 4.78 is 10.5.